The molecular formula is C13H20N2O. The van der Waals surface area contributed by atoms with Crippen LogP contribution in [0.15, 0.2) is 12.1 Å². The highest BCUT2D eigenvalue weighted by Gasteiger charge is 2.13. The minimum absolute atomic E-state index is 0.377. The third-order valence-electron chi connectivity index (χ3n) is 2.88. The Hall–Kier alpha value is -0.930. The monoisotopic (exact) mass is 220 g/mol. The summed E-state index contributed by atoms with van der Waals surface area (Å²) >= 11 is 0. The van der Waals surface area contributed by atoms with Gasteiger partial charge in [-0.05, 0) is 50.9 Å². The fourth-order valence-electron chi connectivity index (χ4n) is 2.18. The number of aryl methyl sites for hydroxylation is 2. The van der Waals surface area contributed by atoms with Gasteiger partial charge in [0.25, 0.3) is 0 Å². The average Bonchev–Trinajstić information content (AvgIpc) is 2.27. The van der Waals surface area contributed by atoms with Crippen LogP contribution in [-0.2, 0) is 11.3 Å². The predicted molar refractivity (Wildman–Crippen MR) is 64.4 cm³/mol. The Morgan fingerprint density at radius 2 is 2.12 bits per heavy atom. The number of rotatable bonds is 3. The van der Waals surface area contributed by atoms with Gasteiger partial charge in [-0.3, -0.25) is 4.98 Å². The lowest BCUT2D eigenvalue weighted by atomic mass is 10.1. The third-order valence-corrected chi connectivity index (χ3v) is 2.88. The Morgan fingerprint density at radius 3 is 2.75 bits per heavy atom. The van der Waals surface area contributed by atoms with E-state index in [-0.39, 0.29) is 0 Å². The Labute approximate surface area is 97.2 Å². The molecule has 2 rings (SSSR count). The number of nitrogens with one attached hydrogen (secondary N) is 1. The number of aromatic nitrogens is 1. The van der Waals surface area contributed by atoms with Crippen molar-refractivity contribution >= 4 is 0 Å². The van der Waals surface area contributed by atoms with Crippen molar-refractivity contribution < 1.29 is 4.74 Å². The van der Waals surface area contributed by atoms with E-state index >= 15 is 0 Å². The summed E-state index contributed by atoms with van der Waals surface area (Å²) in [7, 11) is 0. The zero-order chi connectivity index (χ0) is 11.4. The molecule has 1 aromatic heterocycles. The lowest BCUT2D eigenvalue weighted by molar-refractivity contribution is 0.0252. The highest BCUT2D eigenvalue weighted by molar-refractivity contribution is 5.19. The summed E-state index contributed by atoms with van der Waals surface area (Å²) in [5.41, 5.74) is 3.37. The first kappa shape index (κ1) is 11.6. The average molecular weight is 220 g/mol. The lowest BCUT2D eigenvalue weighted by Crippen LogP contribution is -2.35. The highest BCUT2D eigenvalue weighted by atomic mass is 16.5. The van der Waals surface area contributed by atoms with Crippen molar-refractivity contribution in [1.29, 1.82) is 0 Å². The molecule has 1 N–H and O–H groups in total. The zero-order valence-electron chi connectivity index (χ0n) is 10.1. The molecule has 0 saturated carbocycles. The second-order valence-corrected chi connectivity index (χ2v) is 4.54. The van der Waals surface area contributed by atoms with Gasteiger partial charge in [-0.2, -0.15) is 0 Å². The lowest BCUT2D eigenvalue weighted by Gasteiger charge is -2.23. The number of hydrogen-bond donors (Lipinski definition) is 1. The van der Waals surface area contributed by atoms with Gasteiger partial charge in [0.15, 0.2) is 0 Å². The molecule has 1 aromatic rings. The van der Waals surface area contributed by atoms with E-state index in [4.69, 9.17) is 4.74 Å². The molecule has 1 atom stereocenters. The first-order valence-electron chi connectivity index (χ1n) is 6.00. The van der Waals surface area contributed by atoms with Crippen LogP contribution in [0.2, 0.25) is 0 Å². The Balaban J connectivity index is 1.88. The Bertz CT molecular complexity index is 326. The van der Waals surface area contributed by atoms with Gasteiger partial charge in [0.05, 0.1) is 12.7 Å². The van der Waals surface area contributed by atoms with Crippen molar-refractivity contribution in [3.63, 3.8) is 0 Å². The van der Waals surface area contributed by atoms with Crippen LogP contribution in [-0.4, -0.2) is 24.2 Å². The molecule has 1 aliphatic rings. The molecule has 0 aliphatic carbocycles. The molecule has 0 radical (unpaired) electrons. The van der Waals surface area contributed by atoms with Crippen LogP contribution in [0.25, 0.3) is 0 Å². The van der Waals surface area contributed by atoms with Gasteiger partial charge in [-0.25, -0.2) is 0 Å². The minimum Gasteiger partial charge on any atom is -0.372 e. The number of nitrogens with zero attached hydrogens (tertiary/aromatic N) is 1. The van der Waals surface area contributed by atoms with Crippen molar-refractivity contribution in [2.24, 2.45) is 0 Å². The summed E-state index contributed by atoms with van der Waals surface area (Å²) < 4.78 is 5.89. The van der Waals surface area contributed by atoms with Crippen LogP contribution in [0.4, 0.5) is 0 Å². The molecule has 0 aromatic carbocycles. The van der Waals surface area contributed by atoms with E-state index in [1.54, 1.807) is 0 Å². The standard InChI is InChI=1S/C13H20N2O/c1-10-6-12(7-11(2)15-10)9-16-13-4-3-5-14-8-13/h6-7,13-14H,3-5,8-9H2,1-2H3/t13-/m0/s1. The van der Waals surface area contributed by atoms with Gasteiger partial charge >= 0.3 is 0 Å². The molecule has 0 unspecified atom stereocenters. The van der Waals surface area contributed by atoms with Gasteiger partial charge in [-0.15, -0.1) is 0 Å². The number of hydrogen-bond acceptors (Lipinski definition) is 3. The van der Waals surface area contributed by atoms with Crippen molar-refractivity contribution in [2.75, 3.05) is 13.1 Å². The second kappa shape index (κ2) is 5.41. The van der Waals surface area contributed by atoms with Gasteiger partial charge in [-0.1, -0.05) is 0 Å². The zero-order valence-corrected chi connectivity index (χ0v) is 10.1. The van der Waals surface area contributed by atoms with E-state index in [1.165, 1.54) is 18.4 Å². The number of pyridine rings is 1. The van der Waals surface area contributed by atoms with Crippen LogP contribution in [0.5, 0.6) is 0 Å². The predicted octanol–water partition coefficient (Wildman–Crippen LogP) is 1.97. The van der Waals surface area contributed by atoms with Crippen LogP contribution in [0.1, 0.15) is 29.8 Å². The normalized spacial score (nSPS) is 21.0. The summed E-state index contributed by atoms with van der Waals surface area (Å²) in [6.07, 6.45) is 2.78. The van der Waals surface area contributed by atoms with E-state index in [9.17, 15) is 0 Å². The molecule has 1 fully saturated rings. The van der Waals surface area contributed by atoms with Gasteiger partial charge in [0, 0.05) is 17.9 Å². The maximum atomic E-state index is 5.89. The molecule has 0 amide bonds. The van der Waals surface area contributed by atoms with Crippen LogP contribution < -0.4 is 5.32 Å². The number of piperidine rings is 1. The minimum atomic E-state index is 0.377. The molecule has 1 aliphatic heterocycles. The van der Waals surface area contributed by atoms with Crippen LogP contribution >= 0.6 is 0 Å². The molecular weight excluding hydrogens is 200 g/mol. The van der Waals surface area contributed by atoms with Crippen molar-refractivity contribution in [2.45, 2.75) is 39.4 Å². The summed E-state index contributed by atoms with van der Waals surface area (Å²) in [4.78, 5) is 4.36. The van der Waals surface area contributed by atoms with Gasteiger partial charge < -0.3 is 10.1 Å². The van der Waals surface area contributed by atoms with Crippen LogP contribution in [0.3, 0.4) is 0 Å². The highest BCUT2D eigenvalue weighted by Crippen LogP contribution is 2.11. The smallest absolute Gasteiger partial charge is 0.0722 e. The maximum Gasteiger partial charge on any atom is 0.0722 e. The quantitative estimate of drug-likeness (QED) is 0.845. The van der Waals surface area contributed by atoms with E-state index in [2.05, 4.69) is 22.4 Å². The SMILES string of the molecule is Cc1cc(CO[C@H]2CCCNC2)cc(C)n1. The summed E-state index contributed by atoms with van der Waals surface area (Å²) in [5, 5.41) is 3.36. The molecule has 3 heteroatoms. The van der Waals surface area contributed by atoms with E-state index in [0.29, 0.717) is 12.7 Å². The third kappa shape index (κ3) is 3.29. The molecule has 3 nitrogen and oxygen atoms in total. The molecule has 2 heterocycles. The summed E-state index contributed by atoms with van der Waals surface area (Å²) in [6, 6.07) is 4.20. The first-order chi connectivity index (χ1) is 7.74. The van der Waals surface area contributed by atoms with E-state index in [1.807, 2.05) is 13.8 Å². The van der Waals surface area contributed by atoms with E-state index < -0.39 is 0 Å². The molecule has 0 spiro atoms. The molecule has 88 valence electrons. The molecule has 1 saturated heterocycles. The second-order valence-electron chi connectivity index (χ2n) is 4.54. The molecule has 0 bridgehead atoms. The number of ether oxygens (including phenoxy) is 1. The Morgan fingerprint density at radius 1 is 1.38 bits per heavy atom. The fourth-order valence-corrected chi connectivity index (χ4v) is 2.18. The van der Waals surface area contributed by atoms with Gasteiger partial charge in [0.2, 0.25) is 0 Å². The van der Waals surface area contributed by atoms with Crippen molar-refractivity contribution in [3.8, 4) is 0 Å². The van der Waals surface area contributed by atoms with E-state index in [0.717, 1.165) is 24.5 Å². The maximum absolute atomic E-state index is 5.89. The topological polar surface area (TPSA) is 34.1 Å². The van der Waals surface area contributed by atoms with Crippen LogP contribution in [0, 0.1) is 13.8 Å². The van der Waals surface area contributed by atoms with Crippen molar-refractivity contribution in [3.05, 3.63) is 29.1 Å². The van der Waals surface area contributed by atoms with Gasteiger partial charge in [0.1, 0.15) is 0 Å². The summed E-state index contributed by atoms with van der Waals surface area (Å²) in [5.74, 6) is 0. The Kier molecular flexibility index (Phi) is 3.91. The summed E-state index contributed by atoms with van der Waals surface area (Å²) in [6.45, 7) is 6.88. The molecule has 16 heavy (non-hydrogen) atoms. The first-order valence-corrected chi connectivity index (χ1v) is 6.00. The van der Waals surface area contributed by atoms with Crippen molar-refractivity contribution in [1.82, 2.24) is 10.3 Å². The fraction of sp³-hybridized carbons (Fsp3) is 0.615. The largest absolute Gasteiger partial charge is 0.372 e.